The Balaban J connectivity index is 2.72. The molecule has 2 atom stereocenters. The molecule has 102 valence electrons. The quantitative estimate of drug-likeness (QED) is 0.692. The molecule has 2 nitrogen and oxygen atoms in total. The Morgan fingerprint density at radius 3 is 2.67 bits per heavy atom. The van der Waals surface area contributed by atoms with Crippen LogP contribution in [-0.4, -0.2) is 11.6 Å². The van der Waals surface area contributed by atoms with Gasteiger partial charge in [0.25, 0.3) is 0 Å². The first-order valence-corrected chi connectivity index (χ1v) is 7.32. The van der Waals surface area contributed by atoms with Gasteiger partial charge in [-0.2, -0.15) is 0 Å². The summed E-state index contributed by atoms with van der Waals surface area (Å²) in [6.07, 6.45) is 11.8. The number of ketones is 2. The Labute approximate surface area is 111 Å². The van der Waals surface area contributed by atoms with Crippen LogP contribution in [0.2, 0.25) is 0 Å². The van der Waals surface area contributed by atoms with E-state index in [1.807, 2.05) is 0 Å². The van der Waals surface area contributed by atoms with Gasteiger partial charge in [0.2, 0.25) is 0 Å². The molecular weight excluding hydrogens is 224 g/mol. The van der Waals surface area contributed by atoms with Gasteiger partial charge in [-0.1, -0.05) is 31.9 Å². The third kappa shape index (κ3) is 5.16. The van der Waals surface area contributed by atoms with Crippen molar-refractivity contribution in [2.24, 2.45) is 11.8 Å². The predicted molar refractivity (Wildman–Crippen MR) is 74.4 cm³/mol. The smallest absolute Gasteiger partial charge is 0.133 e. The van der Waals surface area contributed by atoms with Crippen LogP contribution in [0.15, 0.2) is 12.2 Å². The van der Waals surface area contributed by atoms with Crippen molar-refractivity contribution in [3.63, 3.8) is 0 Å². The molecule has 0 N–H and O–H groups in total. The molecular formula is C16H26O2. The molecule has 0 saturated carbocycles. The van der Waals surface area contributed by atoms with Crippen LogP contribution in [-0.2, 0) is 9.59 Å². The monoisotopic (exact) mass is 250 g/mol. The van der Waals surface area contributed by atoms with Crippen LogP contribution in [0, 0.1) is 11.8 Å². The number of carbonyl (C=O) groups is 2. The van der Waals surface area contributed by atoms with E-state index in [2.05, 4.69) is 19.1 Å². The zero-order chi connectivity index (χ0) is 13.4. The molecule has 0 aliphatic heterocycles. The third-order valence-corrected chi connectivity index (χ3v) is 4.02. The summed E-state index contributed by atoms with van der Waals surface area (Å²) in [5.74, 6) is 0.808. The lowest BCUT2D eigenvalue weighted by molar-refractivity contribution is -0.128. The summed E-state index contributed by atoms with van der Waals surface area (Å²) in [6, 6.07) is 0. The van der Waals surface area contributed by atoms with Gasteiger partial charge < -0.3 is 0 Å². The Morgan fingerprint density at radius 1 is 1.28 bits per heavy atom. The second-order valence-electron chi connectivity index (χ2n) is 5.42. The molecule has 0 spiro atoms. The van der Waals surface area contributed by atoms with E-state index in [1.54, 1.807) is 6.92 Å². The minimum absolute atomic E-state index is 0.0362. The number of hydrogen-bond acceptors (Lipinski definition) is 2. The van der Waals surface area contributed by atoms with Crippen LogP contribution >= 0.6 is 0 Å². The third-order valence-electron chi connectivity index (χ3n) is 4.02. The molecule has 18 heavy (non-hydrogen) atoms. The van der Waals surface area contributed by atoms with Crippen LogP contribution in [0.1, 0.15) is 65.2 Å². The fourth-order valence-electron chi connectivity index (χ4n) is 2.83. The highest BCUT2D eigenvalue weighted by Gasteiger charge is 2.26. The van der Waals surface area contributed by atoms with Crippen molar-refractivity contribution in [2.45, 2.75) is 65.2 Å². The lowest BCUT2D eigenvalue weighted by Crippen LogP contribution is -2.24. The highest BCUT2D eigenvalue weighted by atomic mass is 16.1. The first-order chi connectivity index (χ1) is 8.65. The number of allylic oxidation sites excluding steroid dienone is 2. The molecule has 2 heteroatoms. The molecule has 1 rings (SSSR count). The number of Topliss-reactive ketones (excluding diaryl/α,β-unsaturated/α-hetero) is 2. The summed E-state index contributed by atoms with van der Waals surface area (Å²) in [7, 11) is 0. The molecule has 0 heterocycles. The van der Waals surface area contributed by atoms with E-state index in [0.717, 1.165) is 25.7 Å². The zero-order valence-corrected chi connectivity index (χ0v) is 11.8. The van der Waals surface area contributed by atoms with Crippen LogP contribution in [0.4, 0.5) is 0 Å². The maximum absolute atomic E-state index is 11.9. The van der Waals surface area contributed by atoms with E-state index in [4.69, 9.17) is 0 Å². The van der Waals surface area contributed by atoms with E-state index in [9.17, 15) is 9.59 Å². The number of carbonyl (C=O) groups excluding carboxylic acids is 2. The lowest BCUT2D eigenvalue weighted by Gasteiger charge is -2.24. The molecule has 0 aromatic rings. The summed E-state index contributed by atoms with van der Waals surface area (Å²) < 4.78 is 0. The van der Waals surface area contributed by atoms with Gasteiger partial charge in [0, 0.05) is 18.8 Å². The Morgan fingerprint density at radius 2 is 2.00 bits per heavy atom. The van der Waals surface area contributed by atoms with E-state index in [-0.39, 0.29) is 17.5 Å². The molecule has 1 aliphatic carbocycles. The van der Waals surface area contributed by atoms with Gasteiger partial charge >= 0.3 is 0 Å². The standard InChI is InChI=1S/C16H26O2/c1-3-14-10-8-6-4-5-7-9-11-15(18)12-16(14)13(2)17/h5,7,14,16H,3-4,6,8-12H2,1-2H3/b7-5+/t14-,16?/m1/s1. The SMILES string of the molecule is CC[C@@H]1CCCC/C=C/CCC(=O)CC1C(C)=O. The van der Waals surface area contributed by atoms with Crippen molar-refractivity contribution in [1.82, 2.24) is 0 Å². The second kappa shape index (κ2) is 8.23. The van der Waals surface area contributed by atoms with E-state index < -0.39 is 0 Å². The fourth-order valence-corrected chi connectivity index (χ4v) is 2.83. The molecule has 0 aromatic carbocycles. The molecule has 1 unspecified atom stereocenters. The average molecular weight is 250 g/mol. The Bertz CT molecular complexity index is 304. The van der Waals surface area contributed by atoms with Crippen molar-refractivity contribution in [1.29, 1.82) is 0 Å². The fraction of sp³-hybridized carbons (Fsp3) is 0.750. The summed E-state index contributed by atoms with van der Waals surface area (Å²) >= 11 is 0. The van der Waals surface area contributed by atoms with Crippen molar-refractivity contribution >= 4 is 11.6 Å². The summed E-state index contributed by atoms with van der Waals surface area (Å²) in [4.78, 5) is 23.7. The van der Waals surface area contributed by atoms with Gasteiger partial charge in [-0.25, -0.2) is 0 Å². The van der Waals surface area contributed by atoms with Crippen molar-refractivity contribution in [2.75, 3.05) is 0 Å². The first kappa shape index (κ1) is 15.1. The topological polar surface area (TPSA) is 34.1 Å². The van der Waals surface area contributed by atoms with Crippen molar-refractivity contribution < 1.29 is 9.59 Å². The summed E-state index contributed by atoms with van der Waals surface area (Å²) in [5.41, 5.74) is 0. The van der Waals surface area contributed by atoms with E-state index >= 15 is 0 Å². The van der Waals surface area contributed by atoms with Gasteiger partial charge in [0.05, 0.1) is 0 Å². The van der Waals surface area contributed by atoms with Crippen molar-refractivity contribution in [3.8, 4) is 0 Å². The number of hydrogen-bond donors (Lipinski definition) is 0. The minimum atomic E-state index is -0.0362. The maximum Gasteiger partial charge on any atom is 0.133 e. The molecule has 0 fully saturated rings. The van der Waals surface area contributed by atoms with Crippen LogP contribution in [0.25, 0.3) is 0 Å². The Kier molecular flexibility index (Phi) is 6.92. The molecule has 0 radical (unpaired) electrons. The van der Waals surface area contributed by atoms with Gasteiger partial charge in [-0.3, -0.25) is 9.59 Å². The van der Waals surface area contributed by atoms with E-state index in [0.29, 0.717) is 18.8 Å². The molecule has 0 bridgehead atoms. The number of rotatable bonds is 2. The van der Waals surface area contributed by atoms with Gasteiger partial charge in [-0.15, -0.1) is 0 Å². The van der Waals surface area contributed by atoms with Crippen LogP contribution in [0.3, 0.4) is 0 Å². The predicted octanol–water partition coefficient (Wildman–Crippen LogP) is 4.09. The molecule has 0 saturated heterocycles. The largest absolute Gasteiger partial charge is 0.300 e. The highest BCUT2D eigenvalue weighted by molar-refractivity contribution is 5.86. The first-order valence-electron chi connectivity index (χ1n) is 7.32. The highest BCUT2D eigenvalue weighted by Crippen LogP contribution is 2.27. The van der Waals surface area contributed by atoms with Crippen LogP contribution in [0.5, 0.6) is 0 Å². The zero-order valence-electron chi connectivity index (χ0n) is 11.8. The van der Waals surface area contributed by atoms with E-state index in [1.165, 1.54) is 12.8 Å². The lowest BCUT2D eigenvalue weighted by atomic mass is 9.79. The minimum Gasteiger partial charge on any atom is -0.300 e. The maximum atomic E-state index is 11.9. The van der Waals surface area contributed by atoms with Gasteiger partial charge in [0.15, 0.2) is 0 Å². The normalized spacial score (nSPS) is 29.1. The summed E-state index contributed by atoms with van der Waals surface area (Å²) in [5, 5.41) is 0. The van der Waals surface area contributed by atoms with Gasteiger partial charge in [-0.05, 0) is 38.5 Å². The average Bonchev–Trinajstić information content (AvgIpc) is 2.33. The van der Waals surface area contributed by atoms with Crippen molar-refractivity contribution in [3.05, 3.63) is 12.2 Å². The molecule has 0 amide bonds. The van der Waals surface area contributed by atoms with Crippen LogP contribution < -0.4 is 0 Å². The molecule has 0 aromatic heterocycles. The summed E-state index contributed by atoms with van der Waals surface area (Å²) in [6.45, 7) is 3.78. The van der Waals surface area contributed by atoms with Gasteiger partial charge in [0.1, 0.15) is 11.6 Å². The second-order valence-corrected chi connectivity index (χ2v) is 5.42. The molecule has 1 aliphatic rings. The Hall–Kier alpha value is -0.920.